The lowest BCUT2D eigenvalue weighted by molar-refractivity contribution is -0.134. The van der Waals surface area contributed by atoms with Crippen molar-refractivity contribution in [3.05, 3.63) is 23.5 Å². The molecule has 1 aromatic heterocycles. The van der Waals surface area contributed by atoms with Crippen molar-refractivity contribution in [2.45, 2.75) is 10.7 Å². The summed E-state index contributed by atoms with van der Waals surface area (Å²) in [7, 11) is 1.26. The molecule has 0 aromatic carbocycles. The molecule has 17 heavy (non-hydrogen) atoms. The van der Waals surface area contributed by atoms with E-state index in [1.165, 1.54) is 13.2 Å². The van der Waals surface area contributed by atoms with Crippen LogP contribution in [0.3, 0.4) is 0 Å². The van der Waals surface area contributed by atoms with Crippen LogP contribution >= 0.6 is 34.8 Å². The van der Waals surface area contributed by atoms with Gasteiger partial charge in [0.05, 0.1) is 7.11 Å². The number of nitrogens with zero attached hydrogens (tertiary/aromatic N) is 3. The van der Waals surface area contributed by atoms with Crippen molar-refractivity contribution in [3.8, 4) is 0 Å². The fraction of sp³-hybridized carbons (Fsp3) is 0.333. The van der Waals surface area contributed by atoms with Crippen LogP contribution in [0.25, 0.3) is 6.08 Å². The van der Waals surface area contributed by atoms with Crippen LogP contribution in [0, 0.1) is 6.92 Å². The van der Waals surface area contributed by atoms with E-state index in [-0.39, 0.29) is 11.6 Å². The third-order valence-corrected chi connectivity index (χ3v) is 2.09. The second-order valence-electron chi connectivity index (χ2n) is 2.92. The Morgan fingerprint density at radius 3 is 2.47 bits per heavy atom. The highest BCUT2D eigenvalue weighted by Gasteiger charge is 2.27. The number of alkyl halides is 3. The predicted molar refractivity (Wildman–Crippen MR) is 64.9 cm³/mol. The van der Waals surface area contributed by atoms with Gasteiger partial charge in [-0.15, -0.1) is 0 Å². The van der Waals surface area contributed by atoms with Gasteiger partial charge in [-0.1, -0.05) is 34.8 Å². The summed E-state index contributed by atoms with van der Waals surface area (Å²) in [6.07, 6.45) is 2.51. The molecular weight excluding hydrogens is 288 g/mol. The zero-order valence-corrected chi connectivity index (χ0v) is 11.2. The van der Waals surface area contributed by atoms with Gasteiger partial charge in [0, 0.05) is 6.08 Å². The van der Waals surface area contributed by atoms with Gasteiger partial charge in [-0.3, -0.25) is 0 Å². The summed E-state index contributed by atoms with van der Waals surface area (Å²) in [6.45, 7) is 1.62. The lowest BCUT2D eigenvalue weighted by Crippen LogP contribution is -2.11. The van der Waals surface area contributed by atoms with Crippen LogP contribution in [-0.2, 0) is 13.3 Å². The second kappa shape index (κ2) is 5.62. The molecule has 0 unspecified atom stereocenters. The molecule has 0 radical (unpaired) electrons. The molecule has 1 heterocycles. The van der Waals surface area contributed by atoms with E-state index >= 15 is 0 Å². The topological polar surface area (TPSA) is 65.0 Å². The fourth-order valence-electron chi connectivity index (χ4n) is 0.914. The molecule has 8 heteroatoms. The molecule has 0 fully saturated rings. The molecule has 0 aliphatic heterocycles. The first-order valence-corrected chi connectivity index (χ1v) is 5.52. The van der Waals surface area contributed by atoms with Gasteiger partial charge in [-0.2, -0.15) is 0 Å². The Labute approximate surface area is 113 Å². The van der Waals surface area contributed by atoms with E-state index in [0.717, 1.165) is 6.08 Å². The van der Waals surface area contributed by atoms with Gasteiger partial charge in [0.25, 0.3) is 0 Å². The number of carbonyl (C=O) groups excluding carboxylic acids is 1. The van der Waals surface area contributed by atoms with Crippen molar-refractivity contribution in [1.29, 1.82) is 0 Å². The molecule has 0 aliphatic rings. The standard InChI is InChI=1S/C9H8Cl3N3O2/c1-5-13-6(3-4-7(16)17-2)15-8(14-5)9(10,11)12/h3-4H,1-2H3. The minimum Gasteiger partial charge on any atom is -0.466 e. The van der Waals surface area contributed by atoms with Gasteiger partial charge in [-0.05, 0) is 13.0 Å². The van der Waals surface area contributed by atoms with Crippen LogP contribution in [0.5, 0.6) is 0 Å². The van der Waals surface area contributed by atoms with E-state index in [1.807, 2.05) is 0 Å². The number of ether oxygens (including phenoxy) is 1. The van der Waals surface area contributed by atoms with Gasteiger partial charge in [-0.25, -0.2) is 19.7 Å². The van der Waals surface area contributed by atoms with E-state index in [4.69, 9.17) is 34.8 Å². The largest absolute Gasteiger partial charge is 0.466 e. The molecule has 0 atom stereocenters. The van der Waals surface area contributed by atoms with Gasteiger partial charge < -0.3 is 4.74 Å². The van der Waals surface area contributed by atoms with Crippen LogP contribution in [0.15, 0.2) is 6.08 Å². The van der Waals surface area contributed by atoms with E-state index in [1.54, 1.807) is 6.92 Å². The highest BCUT2D eigenvalue weighted by molar-refractivity contribution is 6.66. The Morgan fingerprint density at radius 1 is 1.29 bits per heavy atom. The highest BCUT2D eigenvalue weighted by Crippen LogP contribution is 2.35. The molecule has 0 saturated carbocycles. The summed E-state index contributed by atoms with van der Waals surface area (Å²) >= 11 is 17.0. The van der Waals surface area contributed by atoms with Crippen molar-refractivity contribution in [2.75, 3.05) is 7.11 Å². The van der Waals surface area contributed by atoms with Gasteiger partial charge in [0.15, 0.2) is 11.6 Å². The van der Waals surface area contributed by atoms with Gasteiger partial charge in [0.2, 0.25) is 3.79 Å². The number of aryl methyl sites for hydroxylation is 1. The first-order valence-electron chi connectivity index (χ1n) is 4.39. The van der Waals surface area contributed by atoms with Crippen molar-refractivity contribution in [1.82, 2.24) is 15.0 Å². The normalized spacial score (nSPS) is 11.8. The van der Waals surface area contributed by atoms with Crippen molar-refractivity contribution in [3.63, 3.8) is 0 Å². The minimum atomic E-state index is -1.73. The van der Waals surface area contributed by atoms with Crippen LogP contribution in [-0.4, -0.2) is 28.0 Å². The third-order valence-electron chi connectivity index (χ3n) is 1.59. The quantitative estimate of drug-likeness (QED) is 0.475. The lowest BCUT2D eigenvalue weighted by atomic mass is 10.4. The molecule has 0 saturated heterocycles. The zero-order valence-electron chi connectivity index (χ0n) is 8.95. The molecule has 0 aliphatic carbocycles. The number of halogens is 3. The molecule has 0 N–H and O–H groups in total. The Bertz CT molecular complexity index is 457. The monoisotopic (exact) mass is 295 g/mol. The van der Waals surface area contributed by atoms with Gasteiger partial charge in [0.1, 0.15) is 5.82 Å². The Morgan fingerprint density at radius 2 is 1.94 bits per heavy atom. The average molecular weight is 297 g/mol. The van der Waals surface area contributed by atoms with E-state index in [9.17, 15) is 4.79 Å². The summed E-state index contributed by atoms with van der Waals surface area (Å²) in [6, 6.07) is 0. The first-order chi connectivity index (χ1) is 7.82. The van der Waals surface area contributed by atoms with Crippen molar-refractivity contribution < 1.29 is 9.53 Å². The molecule has 0 spiro atoms. The number of rotatable bonds is 2. The Kier molecular flexibility index (Phi) is 4.68. The Hall–Kier alpha value is -0.910. The first kappa shape index (κ1) is 14.2. The number of methoxy groups -OCH3 is 1. The smallest absolute Gasteiger partial charge is 0.330 e. The summed E-state index contributed by atoms with van der Waals surface area (Å²) in [5, 5.41) is 0. The number of esters is 1. The van der Waals surface area contributed by atoms with E-state index in [0.29, 0.717) is 5.82 Å². The van der Waals surface area contributed by atoms with Crippen molar-refractivity contribution in [2.24, 2.45) is 0 Å². The number of hydrogen-bond donors (Lipinski definition) is 0. The van der Waals surface area contributed by atoms with Crippen LogP contribution in [0.4, 0.5) is 0 Å². The second-order valence-corrected chi connectivity index (χ2v) is 5.20. The maximum absolute atomic E-state index is 10.9. The maximum atomic E-state index is 10.9. The van der Waals surface area contributed by atoms with Crippen molar-refractivity contribution >= 4 is 46.8 Å². The summed E-state index contributed by atoms with van der Waals surface area (Å²) in [5.41, 5.74) is 0. The van der Waals surface area contributed by atoms with Gasteiger partial charge >= 0.3 is 5.97 Å². The summed E-state index contributed by atoms with van der Waals surface area (Å²) in [4.78, 5) is 22.6. The number of hydrogen-bond acceptors (Lipinski definition) is 5. The highest BCUT2D eigenvalue weighted by atomic mass is 35.6. The van der Waals surface area contributed by atoms with E-state index < -0.39 is 9.76 Å². The summed E-state index contributed by atoms with van der Waals surface area (Å²) < 4.78 is 2.69. The Balaban J connectivity index is 3.06. The molecule has 0 bridgehead atoms. The predicted octanol–water partition coefficient (Wildman–Crippen LogP) is 2.19. The molecule has 0 amide bonds. The minimum absolute atomic E-state index is 0.000448. The fourth-order valence-corrected chi connectivity index (χ4v) is 1.17. The molecule has 1 aromatic rings. The lowest BCUT2D eigenvalue weighted by Gasteiger charge is -2.09. The average Bonchev–Trinajstić information content (AvgIpc) is 2.24. The van der Waals surface area contributed by atoms with Crippen LogP contribution in [0.2, 0.25) is 0 Å². The molecule has 1 rings (SSSR count). The molecule has 5 nitrogen and oxygen atoms in total. The van der Waals surface area contributed by atoms with Crippen LogP contribution < -0.4 is 0 Å². The van der Waals surface area contributed by atoms with E-state index in [2.05, 4.69) is 19.7 Å². The summed E-state index contributed by atoms with van der Waals surface area (Å²) in [5.74, 6) is 0.0630. The van der Waals surface area contributed by atoms with Crippen LogP contribution in [0.1, 0.15) is 17.5 Å². The maximum Gasteiger partial charge on any atom is 0.330 e. The SMILES string of the molecule is COC(=O)C=Cc1nc(C)nc(C(Cl)(Cl)Cl)n1. The molecule has 92 valence electrons. The third kappa shape index (κ3) is 4.46. The number of aromatic nitrogens is 3. The number of carbonyl (C=O) groups is 1. The molecular formula is C9H8Cl3N3O2. The zero-order chi connectivity index (χ0) is 13.1.